The van der Waals surface area contributed by atoms with E-state index in [1.165, 1.54) is 21.8 Å². The normalized spacial score (nSPS) is 18.1. The molecular formula is C19H20F2N2O3S2. The van der Waals surface area contributed by atoms with Gasteiger partial charge < -0.3 is 4.90 Å². The molecule has 5 nitrogen and oxygen atoms in total. The Hall–Kier alpha value is -1.84. The fraction of sp³-hybridized carbons (Fsp3) is 0.421. The first-order valence-corrected chi connectivity index (χ1v) is 11.5. The Morgan fingerprint density at radius 2 is 1.64 bits per heavy atom. The van der Waals surface area contributed by atoms with Crippen molar-refractivity contribution < 1.29 is 22.0 Å². The molecule has 0 unspecified atom stereocenters. The highest BCUT2D eigenvalue weighted by Crippen LogP contribution is 2.31. The van der Waals surface area contributed by atoms with E-state index < -0.39 is 26.6 Å². The highest BCUT2D eigenvalue weighted by Gasteiger charge is 2.34. The number of nitrogens with zero attached hydrogens (tertiary/aromatic N) is 2. The van der Waals surface area contributed by atoms with E-state index in [4.69, 9.17) is 0 Å². The van der Waals surface area contributed by atoms with Gasteiger partial charge in [0.25, 0.3) is 5.91 Å². The van der Waals surface area contributed by atoms with Crippen LogP contribution in [-0.2, 0) is 22.9 Å². The van der Waals surface area contributed by atoms with E-state index in [9.17, 15) is 22.0 Å². The van der Waals surface area contributed by atoms with Crippen LogP contribution in [-0.4, -0.2) is 49.7 Å². The van der Waals surface area contributed by atoms with Crippen molar-refractivity contribution in [3.05, 3.63) is 51.2 Å². The van der Waals surface area contributed by atoms with Crippen LogP contribution in [0.3, 0.4) is 0 Å². The van der Waals surface area contributed by atoms with Crippen molar-refractivity contribution in [1.82, 2.24) is 9.21 Å². The summed E-state index contributed by atoms with van der Waals surface area (Å²) in [7, 11) is -4.29. The number of thiophene rings is 1. The molecule has 0 atom stereocenters. The maximum atomic E-state index is 13.9. The molecule has 1 amide bonds. The van der Waals surface area contributed by atoms with Crippen LogP contribution in [0.4, 0.5) is 8.78 Å². The maximum Gasteiger partial charge on any atom is 0.264 e. The Kier molecular flexibility index (Phi) is 5.24. The van der Waals surface area contributed by atoms with Crippen LogP contribution < -0.4 is 0 Å². The SMILES string of the molecule is O=C(c1cc2c(s1)CCCC2)N1CCN(S(=O)(=O)c2c(F)cccc2F)CC1. The van der Waals surface area contributed by atoms with Crippen molar-refractivity contribution in [3.8, 4) is 0 Å². The van der Waals surface area contributed by atoms with Gasteiger partial charge in [-0.2, -0.15) is 4.31 Å². The summed E-state index contributed by atoms with van der Waals surface area (Å²) in [5, 5.41) is 0. The van der Waals surface area contributed by atoms with Crippen molar-refractivity contribution in [1.29, 1.82) is 0 Å². The molecule has 1 saturated heterocycles. The van der Waals surface area contributed by atoms with Gasteiger partial charge in [0.05, 0.1) is 4.88 Å². The van der Waals surface area contributed by atoms with Crippen LogP contribution in [0.15, 0.2) is 29.2 Å². The standard InChI is InChI=1S/C19H20F2N2O3S2/c20-14-5-3-6-15(21)18(14)28(25,26)23-10-8-22(9-11-23)19(24)17-12-13-4-1-2-7-16(13)27-17/h3,5-6,12H,1-2,4,7-11H2. The quantitative estimate of drug-likeness (QED) is 0.758. The molecule has 1 aromatic carbocycles. The molecule has 1 aliphatic heterocycles. The minimum Gasteiger partial charge on any atom is -0.335 e. The molecule has 2 heterocycles. The van der Waals surface area contributed by atoms with Gasteiger partial charge in [-0.25, -0.2) is 17.2 Å². The Balaban J connectivity index is 1.47. The monoisotopic (exact) mass is 426 g/mol. The molecule has 1 aromatic heterocycles. The van der Waals surface area contributed by atoms with Gasteiger partial charge in [-0.15, -0.1) is 11.3 Å². The fourth-order valence-corrected chi connectivity index (χ4v) is 6.49. The predicted octanol–water partition coefficient (Wildman–Crippen LogP) is 3.05. The molecule has 1 fully saturated rings. The van der Waals surface area contributed by atoms with Gasteiger partial charge >= 0.3 is 0 Å². The lowest BCUT2D eigenvalue weighted by Gasteiger charge is -2.33. The number of rotatable bonds is 3. The van der Waals surface area contributed by atoms with E-state index in [-0.39, 0.29) is 32.1 Å². The fourth-order valence-electron chi connectivity index (χ4n) is 3.74. The number of benzene rings is 1. The lowest BCUT2D eigenvalue weighted by molar-refractivity contribution is 0.0702. The van der Waals surface area contributed by atoms with E-state index in [1.807, 2.05) is 6.07 Å². The van der Waals surface area contributed by atoms with Gasteiger partial charge in [0.2, 0.25) is 10.0 Å². The third-order valence-corrected chi connectivity index (χ3v) is 8.43. The van der Waals surface area contributed by atoms with E-state index in [0.29, 0.717) is 4.88 Å². The molecule has 28 heavy (non-hydrogen) atoms. The van der Waals surface area contributed by atoms with Crippen molar-refractivity contribution >= 4 is 27.3 Å². The lowest BCUT2D eigenvalue weighted by Crippen LogP contribution is -2.50. The Bertz CT molecular complexity index is 968. The summed E-state index contributed by atoms with van der Waals surface area (Å²) in [6, 6.07) is 4.93. The molecular weight excluding hydrogens is 406 g/mol. The van der Waals surface area contributed by atoms with Crippen LogP contribution >= 0.6 is 11.3 Å². The number of carbonyl (C=O) groups is 1. The van der Waals surface area contributed by atoms with Crippen molar-refractivity contribution in [2.45, 2.75) is 30.6 Å². The van der Waals surface area contributed by atoms with Gasteiger partial charge in [-0.3, -0.25) is 4.79 Å². The van der Waals surface area contributed by atoms with Crippen molar-refractivity contribution in [2.75, 3.05) is 26.2 Å². The van der Waals surface area contributed by atoms with Crippen LogP contribution in [0.25, 0.3) is 0 Å². The number of sulfonamides is 1. The molecule has 0 bridgehead atoms. The number of fused-ring (bicyclic) bond motifs is 1. The van der Waals surface area contributed by atoms with Crippen molar-refractivity contribution in [3.63, 3.8) is 0 Å². The molecule has 0 spiro atoms. The third kappa shape index (κ3) is 3.46. The molecule has 9 heteroatoms. The summed E-state index contributed by atoms with van der Waals surface area (Å²) in [6.07, 6.45) is 4.29. The first kappa shape index (κ1) is 19.5. The zero-order chi connectivity index (χ0) is 19.9. The highest BCUT2D eigenvalue weighted by molar-refractivity contribution is 7.89. The summed E-state index contributed by atoms with van der Waals surface area (Å²) >= 11 is 1.52. The summed E-state index contributed by atoms with van der Waals surface area (Å²) in [5.41, 5.74) is 1.25. The number of hydrogen-bond acceptors (Lipinski definition) is 4. The molecule has 4 rings (SSSR count). The predicted molar refractivity (Wildman–Crippen MR) is 102 cm³/mol. The van der Waals surface area contributed by atoms with Gasteiger partial charge in [-0.1, -0.05) is 6.07 Å². The van der Waals surface area contributed by atoms with Crippen LogP contribution in [0.2, 0.25) is 0 Å². The summed E-state index contributed by atoms with van der Waals surface area (Å²) < 4.78 is 54.2. The molecule has 2 aliphatic rings. The molecule has 1 aliphatic carbocycles. The Labute approximate surface area is 166 Å². The number of amides is 1. The largest absolute Gasteiger partial charge is 0.335 e. The number of carbonyl (C=O) groups excluding carboxylic acids is 1. The molecule has 0 saturated carbocycles. The molecule has 0 N–H and O–H groups in total. The summed E-state index contributed by atoms with van der Waals surface area (Å²) in [4.78, 5) is 15.4. The van der Waals surface area contributed by atoms with Crippen molar-refractivity contribution in [2.24, 2.45) is 0 Å². The summed E-state index contributed by atoms with van der Waals surface area (Å²) in [5.74, 6) is -2.32. The topological polar surface area (TPSA) is 57.7 Å². The van der Waals surface area contributed by atoms with E-state index in [2.05, 4.69) is 0 Å². The Morgan fingerprint density at radius 1 is 1.00 bits per heavy atom. The number of aryl methyl sites for hydroxylation is 2. The second-order valence-corrected chi connectivity index (χ2v) is 10.0. The van der Waals surface area contributed by atoms with Gasteiger partial charge in [0, 0.05) is 31.1 Å². The van der Waals surface area contributed by atoms with E-state index in [1.54, 1.807) is 4.90 Å². The number of piperazine rings is 1. The minimum absolute atomic E-state index is 0.00688. The average Bonchev–Trinajstić information content (AvgIpc) is 3.11. The smallest absolute Gasteiger partial charge is 0.264 e. The lowest BCUT2D eigenvalue weighted by atomic mass is 9.99. The molecule has 2 aromatic rings. The first-order valence-electron chi connectivity index (χ1n) is 9.23. The molecule has 150 valence electrons. The van der Waals surface area contributed by atoms with Gasteiger partial charge in [-0.05, 0) is 49.4 Å². The number of hydrogen-bond donors (Lipinski definition) is 0. The van der Waals surface area contributed by atoms with E-state index in [0.717, 1.165) is 48.2 Å². The zero-order valence-corrected chi connectivity index (χ0v) is 16.8. The van der Waals surface area contributed by atoms with Crippen LogP contribution in [0, 0.1) is 11.6 Å². The summed E-state index contributed by atoms with van der Waals surface area (Å²) in [6.45, 7) is 0.396. The second kappa shape index (κ2) is 7.53. The molecule has 0 radical (unpaired) electrons. The second-order valence-electron chi connectivity index (χ2n) is 7.01. The minimum atomic E-state index is -4.29. The van der Waals surface area contributed by atoms with Gasteiger partial charge in [0.15, 0.2) is 4.90 Å². The van der Waals surface area contributed by atoms with Gasteiger partial charge in [0.1, 0.15) is 11.6 Å². The Morgan fingerprint density at radius 3 is 2.29 bits per heavy atom. The number of halogens is 2. The third-order valence-electron chi connectivity index (χ3n) is 5.25. The van der Waals surface area contributed by atoms with Crippen LogP contribution in [0.5, 0.6) is 0 Å². The van der Waals surface area contributed by atoms with Crippen LogP contribution in [0.1, 0.15) is 33.0 Å². The maximum absolute atomic E-state index is 13.9. The van der Waals surface area contributed by atoms with E-state index >= 15 is 0 Å². The zero-order valence-electron chi connectivity index (χ0n) is 15.2. The highest BCUT2D eigenvalue weighted by atomic mass is 32.2. The first-order chi connectivity index (χ1) is 13.4. The average molecular weight is 427 g/mol.